The average Bonchev–Trinajstić information content (AvgIpc) is 2.71. The molecule has 1 aromatic rings. The molecule has 0 bridgehead atoms. The summed E-state index contributed by atoms with van der Waals surface area (Å²) in [6.07, 6.45) is 4.70. The second-order valence-electron chi connectivity index (χ2n) is 5.71. The molecule has 1 aliphatic rings. The number of halogens is 1. The van der Waals surface area contributed by atoms with Crippen LogP contribution in [0.2, 0.25) is 0 Å². The Labute approximate surface area is 148 Å². The molecule has 1 aliphatic heterocycles. The molecule has 2 N–H and O–H groups in total. The molecule has 1 aromatic carbocycles. The number of phenols is 2. The van der Waals surface area contributed by atoms with Crippen molar-refractivity contribution in [2.24, 2.45) is 0 Å². The number of amides is 1. The monoisotopic (exact) mass is 400 g/mol. The first-order chi connectivity index (χ1) is 11.4. The molecular weight excluding hydrogens is 378 g/mol. The Morgan fingerprint density at radius 2 is 1.75 bits per heavy atom. The SMILES string of the molecule is CN1C(=[Se])N(CCCCCCF)C(=O)/C1=C\c1cc(O)cc(O)c1. The van der Waals surface area contributed by atoms with E-state index in [1.807, 2.05) is 0 Å². The average molecular weight is 399 g/mol. The Morgan fingerprint density at radius 3 is 2.38 bits per heavy atom. The molecule has 1 amide bonds. The first-order valence-electron chi connectivity index (χ1n) is 7.84. The van der Waals surface area contributed by atoms with Gasteiger partial charge in [0.25, 0.3) is 0 Å². The zero-order chi connectivity index (χ0) is 17.7. The Morgan fingerprint density at radius 1 is 1.12 bits per heavy atom. The Bertz CT molecular complexity index is 643. The summed E-state index contributed by atoms with van der Waals surface area (Å²) in [5.74, 6) is -0.265. The third-order valence-corrected chi connectivity index (χ3v) is 4.87. The van der Waals surface area contributed by atoms with E-state index in [-0.39, 0.29) is 24.1 Å². The van der Waals surface area contributed by atoms with Crippen LogP contribution in [0, 0.1) is 0 Å². The van der Waals surface area contributed by atoms with Gasteiger partial charge < -0.3 is 0 Å². The van der Waals surface area contributed by atoms with Crippen molar-refractivity contribution in [3.8, 4) is 11.5 Å². The van der Waals surface area contributed by atoms with Crippen molar-refractivity contribution in [2.45, 2.75) is 25.7 Å². The molecule has 0 aliphatic carbocycles. The fourth-order valence-corrected chi connectivity index (χ4v) is 3.16. The van der Waals surface area contributed by atoms with E-state index in [9.17, 15) is 19.4 Å². The minimum atomic E-state index is -0.298. The molecule has 0 atom stereocenters. The van der Waals surface area contributed by atoms with Crippen molar-refractivity contribution in [1.82, 2.24) is 9.80 Å². The number of hydrogen-bond acceptors (Lipinski definition) is 4. The van der Waals surface area contributed by atoms with E-state index in [0.29, 0.717) is 28.9 Å². The first-order valence-corrected chi connectivity index (χ1v) is 8.70. The van der Waals surface area contributed by atoms with Crippen LogP contribution in [0.25, 0.3) is 6.08 Å². The summed E-state index contributed by atoms with van der Waals surface area (Å²) in [5.41, 5.74) is 0.998. The van der Waals surface area contributed by atoms with Crippen molar-refractivity contribution in [3.05, 3.63) is 29.5 Å². The van der Waals surface area contributed by atoms with Crippen LogP contribution in [-0.2, 0) is 4.79 Å². The van der Waals surface area contributed by atoms with Gasteiger partial charge in [-0.1, -0.05) is 0 Å². The fourth-order valence-electron chi connectivity index (χ4n) is 2.59. The van der Waals surface area contributed by atoms with E-state index in [1.54, 1.807) is 22.9 Å². The van der Waals surface area contributed by atoms with Gasteiger partial charge in [0, 0.05) is 0 Å². The molecule has 1 saturated heterocycles. The van der Waals surface area contributed by atoms with Gasteiger partial charge in [-0.2, -0.15) is 0 Å². The summed E-state index contributed by atoms with van der Waals surface area (Å²) in [6.45, 7) is 0.272. The molecule has 5 nitrogen and oxygen atoms in total. The Hall–Kier alpha value is -1.85. The van der Waals surface area contributed by atoms with E-state index in [1.165, 1.54) is 18.2 Å². The number of carbonyl (C=O) groups excluding carboxylic acids is 1. The molecule has 0 aromatic heterocycles. The number of alkyl halides is 1. The molecule has 0 unspecified atom stereocenters. The molecule has 2 rings (SSSR count). The van der Waals surface area contributed by atoms with Gasteiger partial charge in [-0.25, -0.2) is 0 Å². The second-order valence-corrected chi connectivity index (χ2v) is 6.48. The predicted molar refractivity (Wildman–Crippen MR) is 92.4 cm³/mol. The Kier molecular flexibility index (Phi) is 6.40. The number of benzene rings is 1. The Balaban J connectivity index is 2.10. The number of nitrogens with zero attached hydrogens (tertiary/aromatic N) is 2. The molecule has 1 fully saturated rings. The van der Waals surface area contributed by atoms with Crippen LogP contribution in [0.5, 0.6) is 11.5 Å². The van der Waals surface area contributed by atoms with Gasteiger partial charge in [-0.15, -0.1) is 0 Å². The van der Waals surface area contributed by atoms with E-state index in [2.05, 4.69) is 15.6 Å². The molecule has 130 valence electrons. The number of rotatable bonds is 7. The van der Waals surface area contributed by atoms with Crippen molar-refractivity contribution in [2.75, 3.05) is 20.3 Å². The third kappa shape index (κ3) is 4.36. The summed E-state index contributed by atoms with van der Waals surface area (Å²) in [7, 11) is 1.78. The van der Waals surface area contributed by atoms with Gasteiger partial charge in [-0.3, -0.25) is 0 Å². The van der Waals surface area contributed by atoms with Crippen LogP contribution in [0.15, 0.2) is 23.9 Å². The second kappa shape index (κ2) is 8.31. The van der Waals surface area contributed by atoms with Crippen molar-refractivity contribution in [1.29, 1.82) is 0 Å². The normalized spacial score (nSPS) is 16.5. The van der Waals surface area contributed by atoms with Crippen LogP contribution in [0.3, 0.4) is 0 Å². The van der Waals surface area contributed by atoms with Crippen molar-refractivity contribution in [3.63, 3.8) is 0 Å². The molecule has 1 heterocycles. The minimum absolute atomic E-state index is 0.0630. The summed E-state index contributed by atoms with van der Waals surface area (Å²) in [5, 5.41) is 19.1. The topological polar surface area (TPSA) is 64.0 Å². The zero-order valence-electron chi connectivity index (χ0n) is 13.5. The quantitative estimate of drug-likeness (QED) is 0.418. The van der Waals surface area contributed by atoms with Crippen LogP contribution in [0.1, 0.15) is 31.2 Å². The summed E-state index contributed by atoms with van der Waals surface area (Å²) in [6, 6.07) is 4.19. The maximum atomic E-state index is 12.6. The molecule has 0 spiro atoms. The van der Waals surface area contributed by atoms with Crippen LogP contribution in [-0.4, -0.2) is 66.4 Å². The van der Waals surface area contributed by atoms with E-state index < -0.39 is 0 Å². The third-order valence-electron chi connectivity index (χ3n) is 3.84. The fraction of sp³-hybridized carbons (Fsp3) is 0.412. The maximum absolute atomic E-state index is 12.6. The van der Waals surface area contributed by atoms with Gasteiger partial charge in [0.1, 0.15) is 0 Å². The number of carbonyl (C=O) groups is 1. The summed E-state index contributed by atoms with van der Waals surface area (Å²) in [4.78, 5) is 16.0. The van der Waals surface area contributed by atoms with E-state index in [4.69, 9.17) is 0 Å². The van der Waals surface area contributed by atoms with E-state index >= 15 is 0 Å². The van der Waals surface area contributed by atoms with Crippen LogP contribution < -0.4 is 0 Å². The molecule has 0 radical (unpaired) electrons. The summed E-state index contributed by atoms with van der Waals surface area (Å²) < 4.78 is 12.8. The number of likely N-dealkylation sites (N-methyl/N-ethyl adjacent to an activating group) is 1. The summed E-state index contributed by atoms with van der Waals surface area (Å²) >= 11 is 2.91. The van der Waals surface area contributed by atoms with Gasteiger partial charge in [-0.05, 0) is 0 Å². The molecular formula is C17H21FN2O3Se. The van der Waals surface area contributed by atoms with Gasteiger partial charge in [0.05, 0.1) is 0 Å². The molecule has 24 heavy (non-hydrogen) atoms. The number of unbranched alkanes of at least 4 members (excludes halogenated alkanes) is 3. The zero-order valence-corrected chi connectivity index (χ0v) is 15.2. The molecule has 0 saturated carbocycles. The van der Waals surface area contributed by atoms with Crippen molar-refractivity contribution < 1.29 is 19.4 Å². The van der Waals surface area contributed by atoms with Gasteiger partial charge >= 0.3 is 148 Å². The molecule has 7 heteroatoms. The number of hydrogen-bond donors (Lipinski definition) is 2. The van der Waals surface area contributed by atoms with Crippen molar-refractivity contribution >= 4 is 32.2 Å². The van der Waals surface area contributed by atoms with Crippen LogP contribution in [0.4, 0.5) is 4.39 Å². The standard InChI is InChI=1S/C17H21FN2O3Se/c1-19-15(10-12-8-13(21)11-14(22)9-12)16(23)20(17(19)24)7-5-3-2-4-6-18/h8-11,21-22H,2-7H2,1H3/b15-10+. The van der Waals surface area contributed by atoms with Gasteiger partial charge in [0.2, 0.25) is 0 Å². The van der Waals surface area contributed by atoms with E-state index in [0.717, 1.165) is 19.3 Å². The van der Waals surface area contributed by atoms with Crippen LogP contribution >= 0.6 is 0 Å². The number of aromatic hydroxyl groups is 2. The van der Waals surface area contributed by atoms with Gasteiger partial charge in [0.15, 0.2) is 0 Å². The first kappa shape index (κ1) is 18.5. The predicted octanol–water partition coefficient (Wildman–Crippen LogP) is 2.00. The number of phenolic OH excluding ortho intramolecular Hbond substituents is 2.